The van der Waals surface area contributed by atoms with Crippen molar-refractivity contribution < 1.29 is 28.2 Å². The van der Waals surface area contributed by atoms with Crippen molar-refractivity contribution in [3.63, 3.8) is 0 Å². The predicted octanol–water partition coefficient (Wildman–Crippen LogP) is 3.23. The largest absolute Gasteiger partial charge is 0.494 e. The Bertz CT molecular complexity index is 1260. The van der Waals surface area contributed by atoms with Crippen molar-refractivity contribution in [2.75, 3.05) is 27.4 Å². The third kappa shape index (κ3) is 5.55. The topological polar surface area (TPSA) is 105 Å². The van der Waals surface area contributed by atoms with Gasteiger partial charge in [0.25, 0.3) is 0 Å². The van der Waals surface area contributed by atoms with Gasteiger partial charge in [-0.1, -0.05) is 12.1 Å². The van der Waals surface area contributed by atoms with Crippen LogP contribution in [0.25, 0.3) is 22.0 Å². The molecule has 4 aromatic rings. The van der Waals surface area contributed by atoms with Gasteiger partial charge in [-0.2, -0.15) is 0 Å². The minimum absolute atomic E-state index is 0.0557. The number of esters is 2. The SMILES string of the molecule is COC(=O)Cc1cn(CC(=O)OC)c2ccc(OCCCNCc3nc4ccccc4o3)cc12. The number of benzene rings is 2. The van der Waals surface area contributed by atoms with Gasteiger partial charge in [-0.05, 0) is 48.9 Å². The Hall–Kier alpha value is -3.85. The van der Waals surface area contributed by atoms with Crippen LogP contribution in [0, 0.1) is 0 Å². The maximum atomic E-state index is 11.9. The number of methoxy groups -OCH3 is 2. The monoisotopic (exact) mass is 465 g/mol. The van der Waals surface area contributed by atoms with E-state index in [1.807, 2.05) is 42.5 Å². The van der Waals surface area contributed by atoms with E-state index in [0.717, 1.165) is 40.5 Å². The summed E-state index contributed by atoms with van der Waals surface area (Å²) in [5, 5.41) is 4.14. The first-order valence-electron chi connectivity index (χ1n) is 11.0. The molecule has 0 saturated heterocycles. The Kier molecular flexibility index (Phi) is 7.44. The summed E-state index contributed by atoms with van der Waals surface area (Å²) in [4.78, 5) is 28.1. The molecule has 9 heteroatoms. The summed E-state index contributed by atoms with van der Waals surface area (Å²) in [6.07, 6.45) is 2.67. The van der Waals surface area contributed by atoms with E-state index in [-0.39, 0.29) is 24.9 Å². The molecule has 9 nitrogen and oxygen atoms in total. The molecule has 0 unspecified atom stereocenters. The molecular formula is C25H27N3O6. The number of para-hydroxylation sites is 2. The van der Waals surface area contributed by atoms with E-state index in [4.69, 9.17) is 18.6 Å². The minimum atomic E-state index is -0.368. The van der Waals surface area contributed by atoms with Crippen LogP contribution in [0.1, 0.15) is 17.9 Å². The lowest BCUT2D eigenvalue weighted by molar-refractivity contribution is -0.141. The zero-order valence-corrected chi connectivity index (χ0v) is 19.2. The molecule has 0 aliphatic rings. The lowest BCUT2D eigenvalue weighted by Crippen LogP contribution is -2.17. The fourth-order valence-corrected chi connectivity index (χ4v) is 3.72. The Balaban J connectivity index is 1.33. The van der Waals surface area contributed by atoms with Crippen LogP contribution in [0.2, 0.25) is 0 Å². The lowest BCUT2D eigenvalue weighted by atomic mass is 10.1. The Morgan fingerprint density at radius 2 is 1.91 bits per heavy atom. The second-order valence-corrected chi connectivity index (χ2v) is 7.74. The molecule has 4 rings (SSSR count). The van der Waals surface area contributed by atoms with E-state index in [9.17, 15) is 9.59 Å². The number of carbonyl (C=O) groups is 2. The van der Waals surface area contributed by atoms with E-state index < -0.39 is 0 Å². The fourth-order valence-electron chi connectivity index (χ4n) is 3.72. The van der Waals surface area contributed by atoms with Crippen molar-refractivity contribution in [1.82, 2.24) is 14.9 Å². The first-order chi connectivity index (χ1) is 16.6. The highest BCUT2D eigenvalue weighted by Gasteiger charge is 2.15. The van der Waals surface area contributed by atoms with Gasteiger partial charge in [0.2, 0.25) is 5.89 Å². The molecule has 0 fully saturated rings. The number of oxazole rings is 1. The van der Waals surface area contributed by atoms with Crippen molar-refractivity contribution in [2.24, 2.45) is 0 Å². The number of rotatable bonds is 11. The smallest absolute Gasteiger partial charge is 0.325 e. The van der Waals surface area contributed by atoms with Crippen LogP contribution < -0.4 is 10.1 Å². The molecule has 2 aromatic heterocycles. The van der Waals surface area contributed by atoms with E-state index >= 15 is 0 Å². The van der Waals surface area contributed by atoms with E-state index in [1.54, 1.807) is 10.8 Å². The fraction of sp³-hybridized carbons (Fsp3) is 0.320. The second-order valence-electron chi connectivity index (χ2n) is 7.74. The quantitative estimate of drug-likeness (QED) is 0.266. The van der Waals surface area contributed by atoms with Crippen molar-refractivity contribution >= 4 is 33.9 Å². The highest BCUT2D eigenvalue weighted by atomic mass is 16.5. The molecule has 0 atom stereocenters. The van der Waals surface area contributed by atoms with Crippen molar-refractivity contribution in [3.05, 3.63) is 60.1 Å². The number of ether oxygens (including phenoxy) is 3. The summed E-state index contributed by atoms with van der Waals surface area (Å²) in [5.74, 6) is 0.621. The average Bonchev–Trinajstić information content (AvgIpc) is 3.41. The Morgan fingerprint density at radius 1 is 1.09 bits per heavy atom. The van der Waals surface area contributed by atoms with E-state index in [1.165, 1.54) is 14.2 Å². The Labute approximate surface area is 196 Å². The standard InChI is InChI=1S/C25H27N3O6/c1-31-24(29)12-17-15-28(16-25(30)32-2)21-9-8-18(13-19(17)21)33-11-5-10-26-14-23-27-20-6-3-4-7-22(20)34-23/h3-4,6-9,13,15,26H,5,10-12,14,16H2,1-2H3. The van der Waals surface area contributed by atoms with Crippen molar-refractivity contribution in [2.45, 2.75) is 25.9 Å². The van der Waals surface area contributed by atoms with Crippen LogP contribution in [0.15, 0.2) is 53.1 Å². The average molecular weight is 466 g/mol. The summed E-state index contributed by atoms with van der Waals surface area (Å²) in [7, 11) is 2.69. The summed E-state index contributed by atoms with van der Waals surface area (Å²) in [6, 6.07) is 13.3. The van der Waals surface area contributed by atoms with Crippen LogP contribution in [0.5, 0.6) is 5.75 Å². The highest BCUT2D eigenvalue weighted by molar-refractivity contribution is 5.90. The van der Waals surface area contributed by atoms with Crippen LogP contribution in [0.3, 0.4) is 0 Å². The number of fused-ring (bicyclic) bond motifs is 2. The van der Waals surface area contributed by atoms with Gasteiger partial charge in [-0.15, -0.1) is 0 Å². The normalized spacial score (nSPS) is 11.1. The predicted molar refractivity (Wildman–Crippen MR) is 126 cm³/mol. The van der Waals surface area contributed by atoms with E-state index in [2.05, 4.69) is 10.3 Å². The van der Waals surface area contributed by atoms with Gasteiger partial charge in [-0.3, -0.25) is 9.59 Å². The number of hydrogen-bond acceptors (Lipinski definition) is 8. The molecule has 0 amide bonds. The zero-order chi connectivity index (χ0) is 23.9. The summed E-state index contributed by atoms with van der Waals surface area (Å²) in [6.45, 7) is 1.86. The molecule has 0 spiro atoms. The maximum Gasteiger partial charge on any atom is 0.325 e. The first kappa shape index (κ1) is 23.3. The van der Waals surface area contributed by atoms with Crippen molar-refractivity contribution in [1.29, 1.82) is 0 Å². The maximum absolute atomic E-state index is 11.9. The zero-order valence-electron chi connectivity index (χ0n) is 19.2. The molecule has 0 saturated carbocycles. The third-order valence-corrected chi connectivity index (χ3v) is 5.41. The molecule has 178 valence electrons. The second kappa shape index (κ2) is 10.8. The molecule has 0 radical (unpaired) electrons. The molecule has 2 heterocycles. The van der Waals surface area contributed by atoms with Gasteiger partial charge in [-0.25, -0.2) is 4.98 Å². The number of hydrogen-bond donors (Lipinski definition) is 1. The molecule has 0 aliphatic heterocycles. The third-order valence-electron chi connectivity index (χ3n) is 5.41. The first-order valence-corrected chi connectivity index (χ1v) is 11.0. The lowest BCUT2D eigenvalue weighted by Gasteiger charge is -2.08. The van der Waals surface area contributed by atoms with Gasteiger partial charge in [0.15, 0.2) is 5.58 Å². The number of carbonyl (C=O) groups excluding carboxylic acids is 2. The van der Waals surface area contributed by atoms with Gasteiger partial charge < -0.3 is 28.5 Å². The van der Waals surface area contributed by atoms with Crippen LogP contribution in [-0.4, -0.2) is 48.9 Å². The molecule has 0 aliphatic carbocycles. The molecule has 2 aromatic carbocycles. The summed E-state index contributed by atoms with van der Waals surface area (Å²) >= 11 is 0. The number of nitrogens with one attached hydrogen (secondary N) is 1. The minimum Gasteiger partial charge on any atom is -0.494 e. The van der Waals surface area contributed by atoms with Crippen molar-refractivity contribution in [3.8, 4) is 5.75 Å². The number of aromatic nitrogens is 2. The Morgan fingerprint density at radius 3 is 2.71 bits per heavy atom. The molecular weight excluding hydrogens is 438 g/mol. The molecule has 0 bridgehead atoms. The van der Waals surface area contributed by atoms with Gasteiger partial charge >= 0.3 is 11.9 Å². The summed E-state index contributed by atoms with van der Waals surface area (Å²) < 4.78 is 23.0. The molecule has 1 N–H and O–H groups in total. The van der Waals surface area contributed by atoms with E-state index in [0.29, 0.717) is 24.8 Å². The molecule has 34 heavy (non-hydrogen) atoms. The van der Waals surface area contributed by atoms with Gasteiger partial charge in [0.1, 0.15) is 17.8 Å². The van der Waals surface area contributed by atoms with Gasteiger partial charge in [0.05, 0.1) is 33.8 Å². The highest BCUT2D eigenvalue weighted by Crippen LogP contribution is 2.27. The van der Waals surface area contributed by atoms with Gasteiger partial charge in [0, 0.05) is 17.1 Å². The van der Waals surface area contributed by atoms with Crippen LogP contribution >= 0.6 is 0 Å². The summed E-state index contributed by atoms with van der Waals surface area (Å²) in [5.41, 5.74) is 3.21. The van der Waals surface area contributed by atoms with Crippen LogP contribution in [0.4, 0.5) is 0 Å². The van der Waals surface area contributed by atoms with Crippen LogP contribution in [-0.2, 0) is 38.6 Å². The number of nitrogens with zero attached hydrogens (tertiary/aromatic N) is 2.